The Hall–Kier alpha value is -3.49. The molecule has 2 aliphatic rings. The first-order valence-electron chi connectivity index (χ1n) is 16.7. The maximum Gasteiger partial charge on any atom is 0.331 e. The molecule has 1 atom stereocenters. The van der Waals surface area contributed by atoms with E-state index >= 15 is 0 Å². The fourth-order valence-electron chi connectivity index (χ4n) is 6.51. The van der Waals surface area contributed by atoms with E-state index in [4.69, 9.17) is 11.5 Å². The van der Waals surface area contributed by atoms with Crippen molar-refractivity contribution in [2.75, 3.05) is 51.3 Å². The molecule has 1 saturated heterocycles. The number of aryl methyl sites for hydroxylation is 1. The number of imidazole rings is 1. The first-order chi connectivity index (χ1) is 23.5. The largest absolute Gasteiger partial charge is 0.480 e. The van der Waals surface area contributed by atoms with Gasteiger partial charge in [-0.1, -0.05) is 30.3 Å². The summed E-state index contributed by atoms with van der Waals surface area (Å²) in [5, 5.41) is 16.6. The number of anilines is 2. The Morgan fingerprint density at radius 3 is 2.43 bits per heavy atom. The van der Waals surface area contributed by atoms with Crippen molar-refractivity contribution in [3.63, 3.8) is 0 Å². The van der Waals surface area contributed by atoms with Crippen LogP contribution in [-0.2, 0) is 29.7 Å². The van der Waals surface area contributed by atoms with Crippen LogP contribution >= 0.6 is 31.9 Å². The minimum atomic E-state index is -1.70. The minimum absolute atomic E-state index is 0.0619. The number of carbonyl (C=O) groups excluding carboxylic acids is 1. The zero-order valence-electron chi connectivity index (χ0n) is 28.1. The van der Waals surface area contributed by atoms with Gasteiger partial charge in [0.1, 0.15) is 5.82 Å². The van der Waals surface area contributed by atoms with Crippen molar-refractivity contribution in [1.82, 2.24) is 24.7 Å². The molecule has 0 aliphatic carbocycles. The van der Waals surface area contributed by atoms with Gasteiger partial charge in [-0.15, -0.1) is 0 Å². The van der Waals surface area contributed by atoms with Gasteiger partial charge in [-0.25, -0.2) is 14.6 Å². The molecule has 7 N–H and O–H groups in total. The lowest BCUT2D eigenvalue weighted by molar-refractivity contribution is -0.144. The summed E-state index contributed by atoms with van der Waals surface area (Å²) < 4.78 is 3.32. The van der Waals surface area contributed by atoms with Crippen LogP contribution in [0.3, 0.4) is 0 Å². The summed E-state index contributed by atoms with van der Waals surface area (Å²) in [6.07, 6.45) is 5.01. The molecule has 2 amide bonds. The van der Waals surface area contributed by atoms with Gasteiger partial charge in [0.2, 0.25) is 0 Å². The average molecular weight is 799 g/mol. The highest BCUT2D eigenvalue weighted by atomic mass is 79.9. The summed E-state index contributed by atoms with van der Waals surface area (Å²) >= 11 is 6.85. The number of fused-ring (bicyclic) bond motifs is 2. The number of aliphatic carboxylic acids is 1. The SMILES string of the molecule is CN(C)CCCCn1c([C@](N)(Cc2cc(Br)c(N)c(Br)c2)C(=O)O)nc2ccccc21.O=C1Nc2ccccc2CCN1C1CCNCC1. The van der Waals surface area contributed by atoms with Crippen LogP contribution in [0.25, 0.3) is 11.0 Å². The molecular weight excluding hydrogens is 752 g/mol. The number of benzene rings is 3. The molecule has 6 rings (SSSR count). The number of unbranched alkanes of at least 4 members (excludes halogenated alkanes) is 1. The molecule has 0 radical (unpaired) electrons. The van der Waals surface area contributed by atoms with Crippen molar-refractivity contribution in [1.29, 1.82) is 0 Å². The maximum atomic E-state index is 12.5. The number of carboxylic acid groups (broad SMARTS) is 1. The Balaban J connectivity index is 0.000000219. The summed E-state index contributed by atoms with van der Waals surface area (Å²) in [7, 11) is 4.08. The molecule has 0 bridgehead atoms. The standard InChI is InChI=1S/C22H27Br2N5O2.C14H19N3O/c1-28(2)9-5-6-10-29-18-8-4-3-7-17(18)27-20(29)22(26,21(30)31)13-14-11-15(23)19(25)16(24)12-14;18-14-16-13-4-2-1-3-11(13)7-10-17(14)12-5-8-15-9-6-12/h3-4,7-8,11-12H,5-6,9-10,13,25-26H2,1-2H3,(H,30,31);1-4,12,15H,5-10H2,(H,16,18)/t22-;/m1./s1. The molecule has 11 nitrogen and oxygen atoms in total. The Bertz CT molecular complexity index is 1750. The minimum Gasteiger partial charge on any atom is -0.480 e. The smallest absolute Gasteiger partial charge is 0.331 e. The summed E-state index contributed by atoms with van der Waals surface area (Å²) in [6.45, 7) is 4.46. The molecular formula is C36H46Br2N8O3. The predicted molar refractivity (Wildman–Crippen MR) is 203 cm³/mol. The molecule has 3 heterocycles. The third kappa shape index (κ3) is 8.82. The first-order valence-corrected chi connectivity index (χ1v) is 18.3. The van der Waals surface area contributed by atoms with E-state index < -0.39 is 11.5 Å². The molecule has 262 valence electrons. The Morgan fingerprint density at radius 1 is 1.06 bits per heavy atom. The van der Waals surface area contributed by atoms with Crippen LogP contribution < -0.4 is 22.1 Å². The van der Waals surface area contributed by atoms with Crippen LogP contribution in [-0.4, -0.2) is 82.8 Å². The Labute approximate surface area is 304 Å². The number of amides is 2. The van der Waals surface area contributed by atoms with Gasteiger partial charge < -0.3 is 41.6 Å². The van der Waals surface area contributed by atoms with Crippen LogP contribution in [0, 0.1) is 0 Å². The third-order valence-corrected chi connectivity index (χ3v) is 10.5. The van der Waals surface area contributed by atoms with E-state index in [-0.39, 0.29) is 12.5 Å². The molecule has 0 saturated carbocycles. The topological polar surface area (TPSA) is 155 Å². The number of nitrogen functional groups attached to an aromatic ring is 1. The van der Waals surface area contributed by atoms with E-state index in [1.165, 1.54) is 5.56 Å². The van der Waals surface area contributed by atoms with Crippen molar-refractivity contribution in [2.45, 2.75) is 56.7 Å². The quantitative estimate of drug-likeness (QED) is 0.0998. The first kappa shape index (κ1) is 36.8. The monoisotopic (exact) mass is 796 g/mol. The van der Waals surface area contributed by atoms with E-state index in [9.17, 15) is 14.7 Å². The van der Waals surface area contributed by atoms with Crippen LogP contribution in [0.4, 0.5) is 16.2 Å². The van der Waals surface area contributed by atoms with Gasteiger partial charge in [0.05, 0.1) is 16.7 Å². The van der Waals surface area contributed by atoms with Crippen LogP contribution in [0.15, 0.2) is 69.6 Å². The number of urea groups is 1. The number of hydrogen-bond acceptors (Lipinski definition) is 7. The molecule has 0 spiro atoms. The molecule has 49 heavy (non-hydrogen) atoms. The number of halogens is 2. The number of nitrogens with two attached hydrogens (primary N) is 2. The normalized spacial score (nSPS) is 16.4. The summed E-state index contributed by atoms with van der Waals surface area (Å²) in [6, 6.07) is 19.8. The predicted octanol–water partition coefficient (Wildman–Crippen LogP) is 5.80. The number of rotatable bonds is 10. The van der Waals surface area contributed by atoms with Gasteiger partial charge in [-0.2, -0.15) is 0 Å². The second-order valence-corrected chi connectivity index (χ2v) is 14.7. The Kier molecular flexibility index (Phi) is 12.4. The number of nitrogens with zero attached hydrogens (tertiary/aromatic N) is 4. The van der Waals surface area contributed by atoms with Gasteiger partial charge in [-0.05, 0) is 139 Å². The Morgan fingerprint density at radius 2 is 1.73 bits per heavy atom. The van der Waals surface area contributed by atoms with Gasteiger partial charge in [0, 0.05) is 40.2 Å². The van der Waals surface area contributed by atoms with Crippen molar-refractivity contribution >= 4 is 66.3 Å². The lowest BCUT2D eigenvalue weighted by Gasteiger charge is -2.33. The fraction of sp³-hybridized carbons (Fsp3) is 0.417. The van der Waals surface area contributed by atoms with Crippen molar-refractivity contribution < 1.29 is 14.7 Å². The van der Waals surface area contributed by atoms with E-state index in [2.05, 4.69) is 58.4 Å². The van der Waals surface area contributed by atoms with E-state index in [1.54, 1.807) is 12.1 Å². The highest BCUT2D eigenvalue weighted by molar-refractivity contribution is 9.11. The number of para-hydroxylation sites is 3. The van der Waals surface area contributed by atoms with Gasteiger partial charge >= 0.3 is 12.0 Å². The summed E-state index contributed by atoms with van der Waals surface area (Å²) in [5.74, 6) is -0.767. The maximum absolute atomic E-state index is 12.5. The molecule has 3 aromatic carbocycles. The molecule has 13 heteroatoms. The number of carbonyl (C=O) groups is 2. The third-order valence-electron chi connectivity index (χ3n) is 9.19. The van der Waals surface area contributed by atoms with Crippen molar-refractivity contribution in [3.8, 4) is 0 Å². The zero-order valence-corrected chi connectivity index (χ0v) is 31.3. The second kappa shape index (κ2) is 16.5. The molecule has 0 unspecified atom stereocenters. The van der Waals surface area contributed by atoms with Gasteiger partial charge in [0.15, 0.2) is 5.54 Å². The molecule has 1 fully saturated rings. The number of nitrogens with one attached hydrogen (secondary N) is 2. The number of hydrogen-bond donors (Lipinski definition) is 5. The number of aromatic nitrogens is 2. The van der Waals surface area contributed by atoms with Gasteiger partial charge in [0.25, 0.3) is 0 Å². The number of piperidine rings is 1. The lowest BCUT2D eigenvalue weighted by atomic mass is 9.90. The fourth-order valence-corrected chi connectivity index (χ4v) is 7.79. The summed E-state index contributed by atoms with van der Waals surface area (Å²) in [5.41, 5.74) is 16.0. The zero-order chi connectivity index (χ0) is 35.1. The lowest BCUT2D eigenvalue weighted by Crippen LogP contribution is -2.49. The number of carboxylic acids is 1. The van der Waals surface area contributed by atoms with Crippen molar-refractivity contribution in [2.24, 2.45) is 5.73 Å². The molecule has 4 aromatic rings. The van der Waals surface area contributed by atoms with E-state index in [0.29, 0.717) is 33.0 Å². The van der Waals surface area contributed by atoms with E-state index in [0.717, 1.165) is 80.6 Å². The highest BCUT2D eigenvalue weighted by Crippen LogP contribution is 2.34. The summed E-state index contributed by atoms with van der Waals surface area (Å²) in [4.78, 5) is 33.6. The molecule has 2 aliphatic heterocycles. The second-order valence-electron chi connectivity index (χ2n) is 13.0. The van der Waals surface area contributed by atoms with E-state index in [1.807, 2.05) is 66.0 Å². The van der Waals surface area contributed by atoms with Crippen LogP contribution in [0.2, 0.25) is 0 Å². The van der Waals surface area contributed by atoms with Crippen LogP contribution in [0.1, 0.15) is 42.6 Å². The molecule has 1 aromatic heterocycles. The van der Waals surface area contributed by atoms with Crippen LogP contribution in [0.5, 0.6) is 0 Å². The van der Waals surface area contributed by atoms with Gasteiger partial charge in [-0.3, -0.25) is 0 Å². The highest BCUT2D eigenvalue weighted by Gasteiger charge is 2.41. The average Bonchev–Trinajstić information content (AvgIpc) is 3.36. The van der Waals surface area contributed by atoms with Crippen molar-refractivity contribution in [3.05, 3.63) is 86.6 Å².